The van der Waals surface area contributed by atoms with E-state index in [2.05, 4.69) is 20.5 Å². The van der Waals surface area contributed by atoms with Crippen molar-refractivity contribution in [2.75, 3.05) is 18.8 Å². The van der Waals surface area contributed by atoms with Crippen LogP contribution in [0.3, 0.4) is 0 Å². The van der Waals surface area contributed by atoms with Gasteiger partial charge in [0.05, 0.1) is 25.3 Å². The van der Waals surface area contributed by atoms with E-state index in [1.165, 1.54) is 17.6 Å². The summed E-state index contributed by atoms with van der Waals surface area (Å²) in [7, 11) is -4.14. The molecule has 2 aromatic rings. The number of nitrogens with two attached hydrogens (primary N) is 2. The summed E-state index contributed by atoms with van der Waals surface area (Å²) in [6.45, 7) is -0.197. The van der Waals surface area contributed by atoms with Crippen LogP contribution in [-0.4, -0.2) is 98.1 Å². The van der Waals surface area contributed by atoms with Crippen molar-refractivity contribution in [1.82, 2.24) is 24.4 Å². The van der Waals surface area contributed by atoms with E-state index in [1.807, 2.05) is 0 Å². The van der Waals surface area contributed by atoms with Crippen molar-refractivity contribution in [3.63, 3.8) is 0 Å². The highest BCUT2D eigenvalue weighted by molar-refractivity contribution is 7.49. The number of aromatic nitrogens is 4. The number of carboxylic acid groups (broad SMARTS) is 2. The zero-order chi connectivity index (χ0) is 25.6. The van der Waals surface area contributed by atoms with E-state index in [9.17, 15) is 19.8 Å². The first-order valence-electron chi connectivity index (χ1n) is 9.74. The summed E-state index contributed by atoms with van der Waals surface area (Å²) in [6, 6.07) is 0. The van der Waals surface area contributed by atoms with Crippen molar-refractivity contribution in [3.05, 3.63) is 12.7 Å². The highest BCUT2D eigenvalue weighted by Gasteiger charge is 2.42. The SMILES string of the molecule is NP(=O)(O)O.Nc1ncnc2c1ncn2[C@H]1C[C@H](O)[C@@H](C(O)N(CCC(=O)O)CCC(=O)O)O1. The lowest BCUT2D eigenvalue weighted by Crippen LogP contribution is -2.48. The number of fused-ring (bicyclic) bond motifs is 1. The number of nitrogen functional groups attached to an aromatic ring is 1. The fourth-order valence-electron chi connectivity index (χ4n) is 3.26. The molecule has 34 heavy (non-hydrogen) atoms. The van der Waals surface area contributed by atoms with Crippen LogP contribution in [0.15, 0.2) is 12.7 Å². The van der Waals surface area contributed by atoms with E-state index in [4.69, 9.17) is 35.0 Å². The predicted molar refractivity (Wildman–Crippen MR) is 113 cm³/mol. The molecule has 0 amide bonds. The average Bonchev–Trinajstić information content (AvgIpc) is 3.30. The topological polar surface area (TPSA) is 281 Å². The summed E-state index contributed by atoms with van der Waals surface area (Å²) in [4.78, 5) is 49.9. The number of imidazole rings is 1. The van der Waals surface area contributed by atoms with E-state index >= 15 is 0 Å². The third kappa shape index (κ3) is 7.93. The van der Waals surface area contributed by atoms with E-state index in [0.717, 1.165) is 0 Å². The van der Waals surface area contributed by atoms with Gasteiger partial charge in [-0.1, -0.05) is 0 Å². The monoisotopic (exact) mass is 507 g/mol. The van der Waals surface area contributed by atoms with Gasteiger partial charge in [-0.05, 0) is 0 Å². The maximum atomic E-state index is 10.9. The Morgan fingerprint density at radius 1 is 1.21 bits per heavy atom. The Labute approximate surface area is 191 Å². The van der Waals surface area contributed by atoms with Gasteiger partial charge in [0.25, 0.3) is 0 Å². The van der Waals surface area contributed by atoms with Gasteiger partial charge >= 0.3 is 19.7 Å². The first kappa shape index (κ1) is 27.5. The summed E-state index contributed by atoms with van der Waals surface area (Å²) in [5, 5.41) is 38.9. The minimum atomic E-state index is -4.14. The number of anilines is 1. The Bertz CT molecular complexity index is 1020. The first-order valence-corrected chi connectivity index (χ1v) is 11.4. The maximum absolute atomic E-state index is 10.9. The van der Waals surface area contributed by atoms with Gasteiger partial charge in [-0.2, -0.15) is 0 Å². The molecule has 0 radical (unpaired) electrons. The molecule has 17 nitrogen and oxygen atoms in total. The van der Waals surface area contributed by atoms with Gasteiger partial charge in [-0.25, -0.2) is 25.0 Å². The number of hydrogen-bond acceptors (Lipinski definition) is 11. The van der Waals surface area contributed by atoms with E-state index in [1.54, 1.807) is 4.57 Å². The number of carbonyl (C=O) groups is 2. The van der Waals surface area contributed by atoms with Crippen molar-refractivity contribution in [2.45, 2.75) is 43.9 Å². The number of nitrogens with zero attached hydrogens (tertiary/aromatic N) is 5. The number of hydrogen-bond donors (Lipinski definition) is 8. The van der Waals surface area contributed by atoms with Gasteiger partial charge in [0.1, 0.15) is 30.4 Å². The molecule has 0 bridgehead atoms. The summed E-state index contributed by atoms with van der Waals surface area (Å²) in [5.74, 6) is -1.99. The van der Waals surface area contributed by atoms with E-state index in [0.29, 0.717) is 11.2 Å². The predicted octanol–water partition coefficient (Wildman–Crippen LogP) is -2.34. The number of aliphatic hydroxyl groups is 2. The molecule has 4 atom stereocenters. The fraction of sp³-hybridized carbons (Fsp3) is 0.562. The van der Waals surface area contributed by atoms with Gasteiger partial charge < -0.3 is 40.7 Å². The third-order valence-corrected chi connectivity index (χ3v) is 4.73. The molecule has 3 heterocycles. The third-order valence-electron chi connectivity index (χ3n) is 4.73. The molecular formula is C16H26N7O10P. The minimum Gasteiger partial charge on any atom is -0.481 e. The van der Waals surface area contributed by atoms with Crippen LogP contribution in [0.4, 0.5) is 5.82 Å². The van der Waals surface area contributed by atoms with Crippen LogP contribution in [-0.2, 0) is 18.9 Å². The Morgan fingerprint density at radius 2 is 1.76 bits per heavy atom. The maximum Gasteiger partial charge on any atom is 0.397 e. The normalized spacial score (nSPS) is 21.3. The smallest absolute Gasteiger partial charge is 0.397 e. The fourth-order valence-corrected chi connectivity index (χ4v) is 3.26. The Morgan fingerprint density at radius 3 is 2.29 bits per heavy atom. The van der Waals surface area contributed by atoms with Crippen LogP contribution < -0.4 is 11.2 Å². The summed E-state index contributed by atoms with van der Waals surface area (Å²) in [5.41, 5.74) is 10.6. The molecule has 1 fully saturated rings. The van der Waals surface area contributed by atoms with E-state index in [-0.39, 0.29) is 38.2 Å². The molecule has 2 aromatic heterocycles. The van der Waals surface area contributed by atoms with Crippen LogP contribution in [0.5, 0.6) is 0 Å². The van der Waals surface area contributed by atoms with Gasteiger partial charge in [0, 0.05) is 19.5 Å². The standard InChI is InChI=1S/C16H22N6O7.H4NO3P/c17-14-12-15(19-6-18-14)22(7-20-12)9-5-8(23)13(29-9)16(28)21(3-1-10(24)25)4-2-11(26)27;1-5(2,3)4/h6-9,13,16,23,28H,1-5H2,(H,24,25)(H,26,27)(H2,17,18,19);(H4,1,2,3,4)/t8-,9+,13-,16?;/m0./s1. The summed E-state index contributed by atoms with van der Waals surface area (Å²) >= 11 is 0. The Kier molecular flexibility index (Phi) is 9.37. The molecule has 1 aliphatic rings. The van der Waals surface area contributed by atoms with Crippen LogP contribution in [0, 0.1) is 0 Å². The Hall–Kier alpha value is -2.76. The van der Waals surface area contributed by atoms with Crippen LogP contribution in [0.1, 0.15) is 25.5 Å². The van der Waals surface area contributed by atoms with Gasteiger partial charge in [0.2, 0.25) is 0 Å². The van der Waals surface area contributed by atoms with Crippen molar-refractivity contribution in [1.29, 1.82) is 0 Å². The lowest BCUT2D eigenvalue weighted by Gasteiger charge is -2.32. The van der Waals surface area contributed by atoms with Crippen LogP contribution in [0.25, 0.3) is 11.2 Å². The van der Waals surface area contributed by atoms with Crippen molar-refractivity contribution < 1.29 is 49.1 Å². The van der Waals surface area contributed by atoms with Crippen molar-refractivity contribution in [2.24, 2.45) is 5.50 Å². The van der Waals surface area contributed by atoms with Gasteiger partial charge in [-0.15, -0.1) is 0 Å². The minimum absolute atomic E-state index is 0.0984. The molecular weight excluding hydrogens is 481 g/mol. The number of aliphatic carboxylic acids is 2. The second kappa shape index (κ2) is 11.6. The lowest BCUT2D eigenvalue weighted by atomic mass is 10.1. The molecule has 1 aliphatic heterocycles. The van der Waals surface area contributed by atoms with Crippen LogP contribution >= 0.6 is 7.75 Å². The van der Waals surface area contributed by atoms with E-state index < -0.39 is 44.3 Å². The quantitative estimate of drug-likeness (QED) is 0.130. The van der Waals surface area contributed by atoms with Gasteiger partial charge in [0.15, 0.2) is 11.5 Å². The largest absolute Gasteiger partial charge is 0.481 e. The molecule has 0 aromatic carbocycles. The second-order valence-electron chi connectivity index (χ2n) is 7.27. The lowest BCUT2D eigenvalue weighted by molar-refractivity contribution is -0.149. The highest BCUT2D eigenvalue weighted by atomic mass is 31.2. The molecule has 1 unspecified atom stereocenters. The molecule has 3 rings (SSSR count). The number of ether oxygens (including phenoxy) is 1. The molecule has 0 aliphatic carbocycles. The number of carboxylic acids is 2. The number of aliphatic hydroxyl groups excluding tert-OH is 2. The molecule has 18 heteroatoms. The first-order chi connectivity index (χ1) is 15.8. The molecule has 190 valence electrons. The summed E-state index contributed by atoms with van der Waals surface area (Å²) < 4.78 is 16.5. The molecule has 0 spiro atoms. The average molecular weight is 507 g/mol. The zero-order valence-electron chi connectivity index (χ0n) is 17.7. The molecule has 0 saturated carbocycles. The molecule has 1 saturated heterocycles. The zero-order valence-corrected chi connectivity index (χ0v) is 18.5. The van der Waals surface area contributed by atoms with Gasteiger partial charge in [-0.3, -0.25) is 19.1 Å². The number of rotatable bonds is 9. The Balaban J connectivity index is 0.000000739. The van der Waals surface area contributed by atoms with Crippen molar-refractivity contribution >= 4 is 36.7 Å². The highest BCUT2D eigenvalue weighted by Crippen LogP contribution is 2.33. The van der Waals surface area contributed by atoms with Crippen molar-refractivity contribution in [3.8, 4) is 0 Å². The second-order valence-corrected chi connectivity index (χ2v) is 8.45. The van der Waals surface area contributed by atoms with Crippen LogP contribution in [0.2, 0.25) is 0 Å². The summed E-state index contributed by atoms with van der Waals surface area (Å²) in [6.07, 6.45) is -2.04. The molecule has 10 N–H and O–H groups in total.